The summed E-state index contributed by atoms with van der Waals surface area (Å²) in [6, 6.07) is 1.72. The predicted octanol–water partition coefficient (Wildman–Crippen LogP) is -0.271. The Morgan fingerprint density at radius 1 is 1.39 bits per heavy atom. The van der Waals surface area contributed by atoms with Crippen molar-refractivity contribution in [1.82, 2.24) is 9.97 Å². The summed E-state index contributed by atoms with van der Waals surface area (Å²) < 4.78 is 0. The van der Waals surface area contributed by atoms with Crippen LogP contribution in [0.4, 0.5) is 11.6 Å². The van der Waals surface area contributed by atoms with Gasteiger partial charge in [0, 0.05) is 19.0 Å². The van der Waals surface area contributed by atoms with E-state index in [2.05, 4.69) is 20.6 Å². The number of hydrogen-bond acceptors (Lipinski definition) is 6. The number of nitrogens with zero attached hydrogens (tertiary/aromatic N) is 2. The van der Waals surface area contributed by atoms with E-state index in [0.29, 0.717) is 23.9 Å². The SMILES string of the molecule is CCNc1cc(NCC(O)C(N)=O)nc(CC)n1. The highest BCUT2D eigenvalue weighted by molar-refractivity contribution is 5.79. The number of aliphatic hydroxyl groups excluding tert-OH is 1. The zero-order valence-electron chi connectivity index (χ0n) is 10.6. The van der Waals surface area contributed by atoms with Crippen molar-refractivity contribution >= 4 is 17.5 Å². The Kier molecular flexibility index (Phi) is 5.31. The van der Waals surface area contributed by atoms with Gasteiger partial charge in [-0.05, 0) is 6.92 Å². The zero-order valence-corrected chi connectivity index (χ0v) is 10.6. The number of nitrogens with one attached hydrogen (secondary N) is 2. The molecule has 0 bridgehead atoms. The molecule has 100 valence electrons. The van der Waals surface area contributed by atoms with Crippen LogP contribution in [0.1, 0.15) is 19.7 Å². The third-order valence-electron chi connectivity index (χ3n) is 2.25. The fraction of sp³-hybridized carbons (Fsp3) is 0.545. The number of anilines is 2. The first-order valence-corrected chi connectivity index (χ1v) is 5.89. The maximum absolute atomic E-state index is 10.7. The topological polar surface area (TPSA) is 113 Å². The normalized spacial score (nSPS) is 11.9. The van der Waals surface area contributed by atoms with E-state index < -0.39 is 12.0 Å². The van der Waals surface area contributed by atoms with E-state index in [9.17, 15) is 9.90 Å². The van der Waals surface area contributed by atoms with E-state index >= 15 is 0 Å². The molecule has 0 saturated heterocycles. The number of hydrogen-bond donors (Lipinski definition) is 4. The largest absolute Gasteiger partial charge is 0.381 e. The molecule has 0 saturated carbocycles. The van der Waals surface area contributed by atoms with E-state index in [4.69, 9.17) is 5.73 Å². The average molecular weight is 253 g/mol. The number of aliphatic hydroxyl groups is 1. The number of rotatable bonds is 7. The molecule has 0 spiro atoms. The first kappa shape index (κ1) is 14.2. The van der Waals surface area contributed by atoms with Crippen molar-refractivity contribution in [3.05, 3.63) is 11.9 Å². The molecule has 0 aromatic carbocycles. The Morgan fingerprint density at radius 2 is 2.00 bits per heavy atom. The van der Waals surface area contributed by atoms with Crippen LogP contribution in [-0.2, 0) is 11.2 Å². The van der Waals surface area contributed by atoms with Crippen LogP contribution in [0.5, 0.6) is 0 Å². The van der Waals surface area contributed by atoms with Crippen LogP contribution in [0.25, 0.3) is 0 Å². The van der Waals surface area contributed by atoms with Gasteiger partial charge in [0.2, 0.25) is 5.91 Å². The molecule has 0 fully saturated rings. The van der Waals surface area contributed by atoms with Crippen LogP contribution >= 0.6 is 0 Å². The van der Waals surface area contributed by atoms with Gasteiger partial charge >= 0.3 is 0 Å². The lowest BCUT2D eigenvalue weighted by Gasteiger charge is -2.11. The van der Waals surface area contributed by atoms with E-state index in [-0.39, 0.29) is 6.54 Å². The number of amides is 1. The Hall–Kier alpha value is -1.89. The summed E-state index contributed by atoms with van der Waals surface area (Å²) in [5.74, 6) is 1.18. The van der Waals surface area contributed by atoms with Gasteiger partial charge < -0.3 is 21.5 Å². The van der Waals surface area contributed by atoms with Gasteiger partial charge in [0.15, 0.2) is 0 Å². The van der Waals surface area contributed by atoms with Gasteiger partial charge in [-0.1, -0.05) is 6.92 Å². The number of nitrogens with two attached hydrogens (primary N) is 1. The number of carbonyl (C=O) groups excluding carboxylic acids is 1. The summed E-state index contributed by atoms with van der Waals surface area (Å²) in [6.07, 6.45) is -0.528. The molecule has 0 aliphatic heterocycles. The molecule has 1 rings (SSSR count). The van der Waals surface area contributed by atoms with Gasteiger partial charge in [0.1, 0.15) is 23.6 Å². The Bertz CT molecular complexity index is 410. The van der Waals surface area contributed by atoms with Gasteiger partial charge in [-0.3, -0.25) is 4.79 Å². The highest BCUT2D eigenvalue weighted by Crippen LogP contribution is 2.11. The molecular formula is C11H19N5O2. The lowest BCUT2D eigenvalue weighted by molar-refractivity contribution is -0.125. The van der Waals surface area contributed by atoms with Crippen LogP contribution in [0.15, 0.2) is 6.07 Å². The Balaban J connectivity index is 2.74. The Morgan fingerprint density at radius 3 is 2.50 bits per heavy atom. The van der Waals surface area contributed by atoms with Crippen LogP contribution < -0.4 is 16.4 Å². The minimum Gasteiger partial charge on any atom is -0.381 e. The smallest absolute Gasteiger partial charge is 0.248 e. The summed E-state index contributed by atoms with van der Waals surface area (Å²) in [5, 5.41) is 15.2. The lowest BCUT2D eigenvalue weighted by Crippen LogP contribution is -2.34. The van der Waals surface area contributed by atoms with E-state index in [0.717, 1.165) is 6.54 Å². The summed E-state index contributed by atoms with van der Waals surface area (Å²) in [5.41, 5.74) is 4.96. The summed E-state index contributed by atoms with van der Waals surface area (Å²) in [4.78, 5) is 19.2. The third kappa shape index (κ3) is 4.17. The second-order valence-electron chi connectivity index (χ2n) is 3.74. The lowest BCUT2D eigenvalue weighted by atomic mass is 10.3. The fourth-order valence-electron chi connectivity index (χ4n) is 1.32. The van der Waals surface area contributed by atoms with Crippen LogP contribution in [0.2, 0.25) is 0 Å². The van der Waals surface area contributed by atoms with Crippen molar-refractivity contribution in [3.8, 4) is 0 Å². The standard InChI is InChI=1S/C11H19N5O2/c1-3-8-15-9(13-4-2)5-10(16-8)14-6-7(17)11(12)18/h5,7,17H,3-4,6H2,1-2H3,(H2,12,18)(H2,13,14,15,16). The van der Waals surface area contributed by atoms with Crippen molar-refractivity contribution in [3.63, 3.8) is 0 Å². The molecular weight excluding hydrogens is 234 g/mol. The number of aromatic nitrogens is 2. The summed E-state index contributed by atoms with van der Waals surface area (Å²) >= 11 is 0. The summed E-state index contributed by atoms with van der Waals surface area (Å²) in [7, 11) is 0. The minimum atomic E-state index is -1.23. The molecule has 1 aromatic heterocycles. The maximum atomic E-state index is 10.7. The van der Waals surface area contributed by atoms with Crippen LogP contribution in [0, 0.1) is 0 Å². The molecule has 0 radical (unpaired) electrons. The van der Waals surface area contributed by atoms with Crippen molar-refractivity contribution < 1.29 is 9.90 Å². The molecule has 1 unspecified atom stereocenters. The molecule has 1 atom stereocenters. The molecule has 0 aliphatic carbocycles. The van der Waals surface area contributed by atoms with Crippen LogP contribution in [-0.4, -0.2) is 40.2 Å². The van der Waals surface area contributed by atoms with Gasteiger partial charge in [0.25, 0.3) is 0 Å². The molecule has 7 heteroatoms. The molecule has 18 heavy (non-hydrogen) atoms. The van der Waals surface area contributed by atoms with Crippen molar-refractivity contribution in [2.75, 3.05) is 23.7 Å². The highest BCUT2D eigenvalue weighted by Gasteiger charge is 2.11. The van der Waals surface area contributed by atoms with Crippen molar-refractivity contribution in [1.29, 1.82) is 0 Å². The monoisotopic (exact) mass is 253 g/mol. The highest BCUT2D eigenvalue weighted by atomic mass is 16.3. The third-order valence-corrected chi connectivity index (χ3v) is 2.25. The first-order chi connectivity index (χ1) is 8.56. The first-order valence-electron chi connectivity index (χ1n) is 5.89. The molecule has 0 aliphatic rings. The maximum Gasteiger partial charge on any atom is 0.248 e. The van der Waals surface area contributed by atoms with Gasteiger partial charge in [-0.25, -0.2) is 9.97 Å². The summed E-state index contributed by atoms with van der Waals surface area (Å²) in [6.45, 7) is 4.70. The molecule has 1 heterocycles. The second-order valence-corrected chi connectivity index (χ2v) is 3.74. The fourth-order valence-corrected chi connectivity index (χ4v) is 1.32. The average Bonchev–Trinajstić information content (AvgIpc) is 2.35. The van der Waals surface area contributed by atoms with Crippen LogP contribution in [0.3, 0.4) is 0 Å². The minimum absolute atomic E-state index is 0.0288. The van der Waals surface area contributed by atoms with Crippen molar-refractivity contribution in [2.45, 2.75) is 26.4 Å². The molecule has 7 nitrogen and oxygen atoms in total. The number of primary amides is 1. The second kappa shape index (κ2) is 6.75. The van der Waals surface area contributed by atoms with E-state index in [1.165, 1.54) is 0 Å². The molecule has 1 aromatic rings. The van der Waals surface area contributed by atoms with Gasteiger partial charge in [-0.2, -0.15) is 0 Å². The van der Waals surface area contributed by atoms with Gasteiger partial charge in [0.05, 0.1) is 6.54 Å². The van der Waals surface area contributed by atoms with Gasteiger partial charge in [-0.15, -0.1) is 0 Å². The molecule has 1 amide bonds. The quantitative estimate of drug-likeness (QED) is 0.532. The number of carbonyl (C=O) groups is 1. The Labute approximate surface area is 106 Å². The van der Waals surface area contributed by atoms with E-state index in [1.54, 1.807) is 6.07 Å². The van der Waals surface area contributed by atoms with Crippen molar-refractivity contribution in [2.24, 2.45) is 5.73 Å². The zero-order chi connectivity index (χ0) is 13.5. The van der Waals surface area contributed by atoms with E-state index in [1.807, 2.05) is 13.8 Å². The molecule has 5 N–H and O–H groups in total. The number of aryl methyl sites for hydroxylation is 1. The predicted molar refractivity (Wildman–Crippen MR) is 69.3 cm³/mol.